The van der Waals surface area contributed by atoms with Crippen molar-refractivity contribution in [1.82, 2.24) is 4.90 Å². The van der Waals surface area contributed by atoms with Crippen LogP contribution < -0.4 is 0 Å². The predicted octanol–water partition coefficient (Wildman–Crippen LogP) is 4.18. The molecule has 0 saturated heterocycles. The lowest BCUT2D eigenvalue weighted by molar-refractivity contribution is -0.00422. The average Bonchev–Trinajstić information content (AvgIpc) is 2.80. The van der Waals surface area contributed by atoms with Gasteiger partial charge in [-0.05, 0) is 26.3 Å². The Morgan fingerprint density at radius 3 is 1.31 bits per heavy atom. The van der Waals surface area contributed by atoms with E-state index in [9.17, 15) is 0 Å². The standard InChI is InChI=1S/C25H53NO6/c1-4-7-9-10-11-12-26(13-16-29-21-20-28-15-8-5-2)14-17-30-22-23-32-25-24-31-19-18-27-6-3/h4-25H2,1-3H3. The normalized spacial score (nSPS) is 11.6. The van der Waals surface area contributed by atoms with Crippen LogP contribution in [0.25, 0.3) is 0 Å². The van der Waals surface area contributed by atoms with Crippen LogP contribution in [-0.2, 0) is 28.4 Å². The Kier molecular flexibility index (Phi) is 28.5. The smallest absolute Gasteiger partial charge is 0.0701 e. The van der Waals surface area contributed by atoms with E-state index >= 15 is 0 Å². The summed E-state index contributed by atoms with van der Waals surface area (Å²) in [5.74, 6) is 0. The van der Waals surface area contributed by atoms with Gasteiger partial charge in [-0.1, -0.05) is 46.0 Å². The lowest BCUT2D eigenvalue weighted by atomic mass is 10.1. The first-order valence-corrected chi connectivity index (χ1v) is 13.0. The summed E-state index contributed by atoms with van der Waals surface area (Å²) in [7, 11) is 0. The van der Waals surface area contributed by atoms with Gasteiger partial charge >= 0.3 is 0 Å². The Hall–Kier alpha value is -0.280. The summed E-state index contributed by atoms with van der Waals surface area (Å²) in [6.45, 7) is 17.5. The molecule has 0 rings (SSSR count). The first-order chi connectivity index (χ1) is 15.8. The zero-order valence-electron chi connectivity index (χ0n) is 21.5. The van der Waals surface area contributed by atoms with Gasteiger partial charge in [0.1, 0.15) is 0 Å². The maximum absolute atomic E-state index is 5.76. The molecule has 7 heteroatoms. The van der Waals surface area contributed by atoms with Crippen LogP contribution in [0.2, 0.25) is 0 Å². The van der Waals surface area contributed by atoms with Gasteiger partial charge in [-0.3, -0.25) is 4.90 Å². The van der Waals surface area contributed by atoms with Gasteiger partial charge in [-0.15, -0.1) is 0 Å². The van der Waals surface area contributed by atoms with E-state index in [1.54, 1.807) is 0 Å². The summed E-state index contributed by atoms with van der Waals surface area (Å²) >= 11 is 0. The van der Waals surface area contributed by atoms with E-state index < -0.39 is 0 Å². The molecule has 0 saturated carbocycles. The van der Waals surface area contributed by atoms with Crippen LogP contribution in [0, 0.1) is 0 Å². The fraction of sp³-hybridized carbons (Fsp3) is 1.00. The van der Waals surface area contributed by atoms with Gasteiger partial charge in [0.05, 0.1) is 66.1 Å². The number of nitrogens with zero attached hydrogens (tertiary/aromatic N) is 1. The van der Waals surface area contributed by atoms with Gasteiger partial charge in [-0.2, -0.15) is 0 Å². The summed E-state index contributed by atoms with van der Waals surface area (Å²) in [5.41, 5.74) is 0. The lowest BCUT2D eigenvalue weighted by Crippen LogP contribution is -2.32. The van der Waals surface area contributed by atoms with Crippen LogP contribution in [0.4, 0.5) is 0 Å². The number of hydrogen-bond donors (Lipinski definition) is 0. The molecule has 32 heavy (non-hydrogen) atoms. The second-order valence-electron chi connectivity index (χ2n) is 7.87. The maximum atomic E-state index is 5.76. The molecule has 0 aromatic heterocycles. The Morgan fingerprint density at radius 1 is 0.375 bits per heavy atom. The number of ether oxygens (including phenoxy) is 6. The van der Waals surface area contributed by atoms with E-state index in [4.69, 9.17) is 28.4 Å². The third-order valence-electron chi connectivity index (χ3n) is 5.02. The molecule has 0 fully saturated rings. The molecule has 0 N–H and O–H groups in total. The SMILES string of the molecule is CCCCCCCN(CCOCCOCCCC)CCOCCOCCOCCOCC. The summed E-state index contributed by atoms with van der Waals surface area (Å²) in [6, 6.07) is 0. The Labute approximate surface area is 198 Å². The second-order valence-corrected chi connectivity index (χ2v) is 7.87. The van der Waals surface area contributed by atoms with E-state index in [1.165, 1.54) is 38.5 Å². The monoisotopic (exact) mass is 463 g/mol. The van der Waals surface area contributed by atoms with E-state index in [-0.39, 0.29) is 0 Å². The van der Waals surface area contributed by atoms with Gasteiger partial charge in [-0.25, -0.2) is 0 Å². The van der Waals surface area contributed by atoms with E-state index in [0.717, 1.165) is 52.5 Å². The second kappa shape index (κ2) is 28.8. The van der Waals surface area contributed by atoms with Crippen LogP contribution in [0.15, 0.2) is 0 Å². The molecule has 0 aliphatic heterocycles. The predicted molar refractivity (Wildman–Crippen MR) is 131 cm³/mol. The molecule has 0 aromatic rings. The van der Waals surface area contributed by atoms with Crippen LogP contribution in [-0.4, -0.2) is 104 Å². The zero-order chi connectivity index (χ0) is 23.4. The van der Waals surface area contributed by atoms with Crippen LogP contribution in [0.1, 0.15) is 65.7 Å². The lowest BCUT2D eigenvalue weighted by Gasteiger charge is -2.22. The van der Waals surface area contributed by atoms with Crippen LogP contribution in [0.5, 0.6) is 0 Å². The molecule has 0 amide bonds. The molecule has 0 unspecified atom stereocenters. The minimum absolute atomic E-state index is 0.596. The van der Waals surface area contributed by atoms with E-state index in [1.807, 2.05) is 6.92 Å². The van der Waals surface area contributed by atoms with Crippen molar-refractivity contribution < 1.29 is 28.4 Å². The Morgan fingerprint density at radius 2 is 0.812 bits per heavy atom. The van der Waals surface area contributed by atoms with Crippen molar-refractivity contribution in [3.8, 4) is 0 Å². The molecule has 0 radical (unpaired) electrons. The largest absolute Gasteiger partial charge is 0.379 e. The number of unbranched alkanes of at least 4 members (excludes halogenated alkanes) is 5. The highest BCUT2D eigenvalue weighted by Gasteiger charge is 2.05. The third kappa shape index (κ3) is 26.0. The molecule has 0 spiro atoms. The molecule has 0 aliphatic carbocycles. The maximum Gasteiger partial charge on any atom is 0.0701 e. The molecular formula is C25H53NO6. The van der Waals surface area contributed by atoms with Crippen molar-refractivity contribution in [2.24, 2.45) is 0 Å². The first kappa shape index (κ1) is 31.7. The van der Waals surface area contributed by atoms with Crippen molar-refractivity contribution in [2.75, 3.05) is 98.9 Å². The average molecular weight is 464 g/mol. The first-order valence-electron chi connectivity index (χ1n) is 13.0. The highest BCUT2D eigenvalue weighted by molar-refractivity contribution is 4.58. The zero-order valence-corrected chi connectivity index (χ0v) is 21.5. The third-order valence-corrected chi connectivity index (χ3v) is 5.02. The number of hydrogen-bond acceptors (Lipinski definition) is 7. The van der Waals surface area contributed by atoms with Gasteiger partial charge in [0, 0.05) is 26.3 Å². The summed E-state index contributed by atoms with van der Waals surface area (Å²) < 4.78 is 33.2. The van der Waals surface area contributed by atoms with Gasteiger partial charge < -0.3 is 28.4 Å². The van der Waals surface area contributed by atoms with E-state index in [2.05, 4.69) is 18.7 Å². The van der Waals surface area contributed by atoms with E-state index in [0.29, 0.717) is 52.9 Å². The molecular weight excluding hydrogens is 410 g/mol. The minimum atomic E-state index is 0.596. The summed E-state index contributed by atoms with van der Waals surface area (Å²) in [6.07, 6.45) is 8.79. The molecule has 0 bridgehead atoms. The highest BCUT2D eigenvalue weighted by atomic mass is 16.6. The highest BCUT2D eigenvalue weighted by Crippen LogP contribution is 2.04. The summed E-state index contributed by atoms with van der Waals surface area (Å²) in [4.78, 5) is 2.46. The Balaban J connectivity index is 3.71. The molecule has 0 aromatic carbocycles. The van der Waals surface area contributed by atoms with Crippen molar-refractivity contribution >= 4 is 0 Å². The molecule has 0 aliphatic rings. The fourth-order valence-electron chi connectivity index (χ4n) is 3.03. The minimum Gasteiger partial charge on any atom is -0.379 e. The number of rotatable bonds is 28. The topological polar surface area (TPSA) is 58.6 Å². The fourth-order valence-corrected chi connectivity index (χ4v) is 3.03. The van der Waals surface area contributed by atoms with Crippen LogP contribution in [0.3, 0.4) is 0 Å². The molecule has 7 nitrogen and oxygen atoms in total. The van der Waals surface area contributed by atoms with Crippen molar-refractivity contribution in [3.63, 3.8) is 0 Å². The van der Waals surface area contributed by atoms with Gasteiger partial charge in [0.2, 0.25) is 0 Å². The van der Waals surface area contributed by atoms with Crippen molar-refractivity contribution in [3.05, 3.63) is 0 Å². The molecule has 0 atom stereocenters. The van der Waals surface area contributed by atoms with Gasteiger partial charge in [0.15, 0.2) is 0 Å². The summed E-state index contributed by atoms with van der Waals surface area (Å²) in [5, 5.41) is 0. The van der Waals surface area contributed by atoms with Crippen molar-refractivity contribution in [1.29, 1.82) is 0 Å². The Bertz CT molecular complexity index is 336. The van der Waals surface area contributed by atoms with Crippen molar-refractivity contribution in [2.45, 2.75) is 65.7 Å². The van der Waals surface area contributed by atoms with Crippen LogP contribution >= 0.6 is 0 Å². The van der Waals surface area contributed by atoms with Gasteiger partial charge in [0.25, 0.3) is 0 Å². The molecule has 0 heterocycles. The quantitative estimate of drug-likeness (QED) is 0.161. The molecule has 194 valence electrons.